The number of phenols is 1. The van der Waals surface area contributed by atoms with Crippen molar-refractivity contribution >= 4 is 38.3 Å². The quantitative estimate of drug-likeness (QED) is 0.531. The third kappa shape index (κ3) is 1.86. The monoisotopic (exact) mass is 304 g/mol. The zero-order valence-electron chi connectivity index (χ0n) is 12.7. The Bertz CT molecular complexity index is 1030. The first-order valence-electron chi connectivity index (χ1n) is 7.74. The summed E-state index contributed by atoms with van der Waals surface area (Å²) >= 11 is 0. The zero-order chi connectivity index (χ0) is 16.1. The molecule has 23 heavy (non-hydrogen) atoms. The van der Waals surface area contributed by atoms with E-state index in [1.54, 1.807) is 6.07 Å². The van der Waals surface area contributed by atoms with Crippen LogP contribution in [-0.2, 0) is 4.79 Å². The Hall–Kier alpha value is -2.81. The van der Waals surface area contributed by atoms with E-state index < -0.39 is 11.9 Å². The molecule has 0 aliphatic carbocycles. The Morgan fingerprint density at radius 1 is 1.00 bits per heavy atom. The largest absolute Gasteiger partial charge is 0.507 e. The van der Waals surface area contributed by atoms with Gasteiger partial charge in [-0.15, -0.1) is 0 Å². The van der Waals surface area contributed by atoms with Crippen LogP contribution in [-0.4, -0.2) is 16.2 Å². The van der Waals surface area contributed by atoms with Crippen LogP contribution in [0.15, 0.2) is 48.5 Å². The van der Waals surface area contributed by atoms with E-state index in [9.17, 15) is 15.0 Å². The summed E-state index contributed by atoms with van der Waals surface area (Å²) in [6.45, 7) is 1.85. The van der Waals surface area contributed by atoms with E-state index >= 15 is 0 Å². The molecule has 0 saturated heterocycles. The highest BCUT2D eigenvalue weighted by Gasteiger charge is 2.23. The number of carboxylic acids is 1. The van der Waals surface area contributed by atoms with Gasteiger partial charge in [0.05, 0.1) is 5.92 Å². The highest BCUT2D eigenvalue weighted by molar-refractivity contribution is 6.25. The number of benzene rings is 4. The highest BCUT2D eigenvalue weighted by Crippen LogP contribution is 2.42. The first kappa shape index (κ1) is 13.8. The Labute approximate surface area is 133 Å². The molecule has 3 heteroatoms. The van der Waals surface area contributed by atoms with Crippen molar-refractivity contribution in [3.05, 3.63) is 54.1 Å². The first-order valence-corrected chi connectivity index (χ1v) is 7.74. The van der Waals surface area contributed by atoms with Crippen LogP contribution in [0, 0.1) is 0 Å². The van der Waals surface area contributed by atoms with Crippen molar-refractivity contribution in [1.29, 1.82) is 0 Å². The van der Waals surface area contributed by atoms with Crippen LogP contribution in [0.2, 0.25) is 0 Å². The Kier molecular flexibility index (Phi) is 2.91. The maximum absolute atomic E-state index is 11.6. The lowest BCUT2D eigenvalue weighted by Crippen LogP contribution is -2.11. The van der Waals surface area contributed by atoms with Crippen molar-refractivity contribution in [2.45, 2.75) is 19.3 Å². The standard InChI is InChI=1S/C20H16O3/c1-2-13(20(22)23)16-10-17(21)15-9-7-12-5-3-4-11-6-8-14(16)19(15)18(11)12/h3-10,13,21H,2H2,1H3,(H,22,23). The van der Waals surface area contributed by atoms with Gasteiger partial charge in [-0.2, -0.15) is 0 Å². The molecule has 0 saturated carbocycles. The number of aliphatic carboxylic acids is 1. The van der Waals surface area contributed by atoms with E-state index in [4.69, 9.17) is 0 Å². The maximum atomic E-state index is 11.6. The summed E-state index contributed by atoms with van der Waals surface area (Å²) in [6.07, 6.45) is 0.485. The minimum Gasteiger partial charge on any atom is -0.507 e. The second-order valence-corrected chi connectivity index (χ2v) is 5.96. The molecule has 0 aliphatic rings. The minimum absolute atomic E-state index is 0.144. The molecule has 4 aromatic rings. The van der Waals surface area contributed by atoms with Gasteiger partial charge in [-0.25, -0.2) is 0 Å². The van der Waals surface area contributed by atoms with E-state index in [1.165, 1.54) is 0 Å². The second-order valence-electron chi connectivity index (χ2n) is 5.96. The summed E-state index contributed by atoms with van der Waals surface area (Å²) in [4.78, 5) is 11.6. The molecule has 0 aromatic heterocycles. The smallest absolute Gasteiger partial charge is 0.310 e. The molecule has 0 bridgehead atoms. The molecule has 2 N–H and O–H groups in total. The average Bonchev–Trinajstić information content (AvgIpc) is 2.55. The van der Waals surface area contributed by atoms with Crippen LogP contribution in [0.4, 0.5) is 0 Å². The van der Waals surface area contributed by atoms with Crippen LogP contribution < -0.4 is 0 Å². The van der Waals surface area contributed by atoms with Gasteiger partial charge >= 0.3 is 5.97 Å². The molecule has 3 nitrogen and oxygen atoms in total. The third-order valence-electron chi connectivity index (χ3n) is 4.74. The summed E-state index contributed by atoms with van der Waals surface area (Å²) in [7, 11) is 0. The van der Waals surface area contributed by atoms with Gasteiger partial charge < -0.3 is 10.2 Å². The van der Waals surface area contributed by atoms with Crippen LogP contribution in [0.3, 0.4) is 0 Å². The molecule has 0 heterocycles. The molecule has 4 aromatic carbocycles. The second kappa shape index (κ2) is 4.85. The number of carboxylic acid groups (broad SMARTS) is 1. The fraction of sp³-hybridized carbons (Fsp3) is 0.150. The fourth-order valence-electron chi connectivity index (χ4n) is 3.66. The van der Waals surface area contributed by atoms with Gasteiger partial charge in [-0.05, 0) is 39.6 Å². The van der Waals surface area contributed by atoms with Crippen molar-refractivity contribution in [2.24, 2.45) is 0 Å². The highest BCUT2D eigenvalue weighted by atomic mass is 16.4. The van der Waals surface area contributed by atoms with Crippen LogP contribution >= 0.6 is 0 Å². The molecule has 0 fully saturated rings. The average molecular weight is 304 g/mol. The van der Waals surface area contributed by atoms with E-state index in [1.807, 2.05) is 49.4 Å². The number of rotatable bonds is 3. The van der Waals surface area contributed by atoms with Crippen molar-refractivity contribution in [2.75, 3.05) is 0 Å². The lowest BCUT2D eigenvalue weighted by atomic mass is 9.86. The number of aromatic hydroxyl groups is 1. The van der Waals surface area contributed by atoms with Crippen molar-refractivity contribution in [3.63, 3.8) is 0 Å². The predicted octanol–water partition coefficient (Wildman–Crippen LogP) is 4.87. The summed E-state index contributed by atoms with van der Waals surface area (Å²) < 4.78 is 0. The Balaban J connectivity index is 2.24. The molecule has 0 amide bonds. The van der Waals surface area contributed by atoms with E-state index in [0.29, 0.717) is 12.0 Å². The van der Waals surface area contributed by atoms with Crippen LogP contribution in [0.25, 0.3) is 32.3 Å². The Morgan fingerprint density at radius 3 is 2.26 bits per heavy atom. The molecular weight excluding hydrogens is 288 g/mol. The number of hydrogen-bond donors (Lipinski definition) is 2. The van der Waals surface area contributed by atoms with Crippen LogP contribution in [0.5, 0.6) is 5.75 Å². The molecule has 0 spiro atoms. The first-order chi connectivity index (χ1) is 11.1. The van der Waals surface area contributed by atoms with Crippen molar-refractivity contribution in [1.82, 2.24) is 0 Å². The van der Waals surface area contributed by atoms with E-state index in [0.717, 1.165) is 32.3 Å². The summed E-state index contributed by atoms with van der Waals surface area (Å²) in [6, 6.07) is 15.6. The molecule has 114 valence electrons. The summed E-state index contributed by atoms with van der Waals surface area (Å²) in [5.74, 6) is -1.34. The van der Waals surface area contributed by atoms with Crippen molar-refractivity contribution < 1.29 is 15.0 Å². The zero-order valence-corrected chi connectivity index (χ0v) is 12.7. The maximum Gasteiger partial charge on any atom is 0.310 e. The van der Waals surface area contributed by atoms with Gasteiger partial charge in [0.1, 0.15) is 5.75 Å². The SMILES string of the molecule is CCC(C(=O)O)c1cc(O)c2ccc3cccc4ccc1c2c34. The van der Waals surface area contributed by atoms with E-state index in [2.05, 4.69) is 0 Å². The van der Waals surface area contributed by atoms with Gasteiger partial charge in [0.15, 0.2) is 0 Å². The van der Waals surface area contributed by atoms with Gasteiger partial charge in [0.25, 0.3) is 0 Å². The van der Waals surface area contributed by atoms with Crippen molar-refractivity contribution in [3.8, 4) is 5.75 Å². The number of hydrogen-bond acceptors (Lipinski definition) is 2. The van der Waals surface area contributed by atoms with Gasteiger partial charge in [0.2, 0.25) is 0 Å². The lowest BCUT2D eigenvalue weighted by Gasteiger charge is -2.18. The van der Waals surface area contributed by atoms with Crippen LogP contribution in [0.1, 0.15) is 24.8 Å². The summed E-state index contributed by atoms with van der Waals surface area (Å²) in [5.41, 5.74) is 0.684. The molecule has 0 aliphatic heterocycles. The lowest BCUT2D eigenvalue weighted by molar-refractivity contribution is -0.138. The Morgan fingerprint density at radius 2 is 1.65 bits per heavy atom. The third-order valence-corrected chi connectivity index (χ3v) is 4.74. The molecule has 1 atom stereocenters. The molecule has 0 radical (unpaired) electrons. The fourth-order valence-corrected chi connectivity index (χ4v) is 3.66. The number of carbonyl (C=O) groups is 1. The minimum atomic E-state index is -0.859. The van der Waals surface area contributed by atoms with Gasteiger partial charge in [-0.3, -0.25) is 4.79 Å². The molecule has 4 rings (SSSR count). The predicted molar refractivity (Wildman–Crippen MR) is 92.5 cm³/mol. The summed E-state index contributed by atoms with van der Waals surface area (Å²) in [5, 5.41) is 25.9. The van der Waals surface area contributed by atoms with E-state index in [-0.39, 0.29) is 5.75 Å². The molecular formula is C20H16O3. The number of phenolic OH excluding ortho intramolecular Hbond substituents is 1. The molecule has 1 unspecified atom stereocenters. The normalized spacial score (nSPS) is 13.1. The topological polar surface area (TPSA) is 57.5 Å². The van der Waals surface area contributed by atoms with Gasteiger partial charge in [0, 0.05) is 10.8 Å². The van der Waals surface area contributed by atoms with Gasteiger partial charge in [-0.1, -0.05) is 49.4 Å².